The van der Waals surface area contributed by atoms with Crippen molar-refractivity contribution in [2.45, 2.75) is 0 Å². The molecular weight excluding hydrogens is 356 g/mol. The summed E-state index contributed by atoms with van der Waals surface area (Å²) in [5.74, 6) is 1.64. The van der Waals surface area contributed by atoms with E-state index in [1.54, 1.807) is 6.07 Å². The van der Waals surface area contributed by atoms with Gasteiger partial charge in [-0.15, -0.1) is 10.2 Å². The highest BCUT2D eigenvalue weighted by Gasteiger charge is 2.13. The molecule has 0 atom stereocenters. The Bertz CT molecular complexity index is 1030. The van der Waals surface area contributed by atoms with Gasteiger partial charge in [-0.05, 0) is 24.3 Å². The van der Waals surface area contributed by atoms with E-state index in [0.29, 0.717) is 24.7 Å². The van der Waals surface area contributed by atoms with Crippen molar-refractivity contribution < 1.29 is 9.32 Å². The molecule has 0 spiro atoms. The zero-order chi connectivity index (χ0) is 19.2. The maximum absolute atomic E-state index is 12.2. The van der Waals surface area contributed by atoms with Crippen LogP contribution in [0.3, 0.4) is 0 Å². The Morgan fingerprint density at radius 3 is 2.54 bits per heavy atom. The van der Waals surface area contributed by atoms with E-state index >= 15 is 0 Å². The average Bonchev–Trinajstić information content (AvgIpc) is 3.45. The van der Waals surface area contributed by atoms with Gasteiger partial charge in [0, 0.05) is 37.1 Å². The number of anilines is 1. The van der Waals surface area contributed by atoms with Crippen molar-refractivity contribution in [2.24, 2.45) is 0 Å². The number of hydrogen-bond acceptors (Lipinski definition) is 6. The first-order valence-electron chi connectivity index (χ1n) is 8.81. The van der Waals surface area contributed by atoms with E-state index in [9.17, 15) is 4.79 Å². The van der Waals surface area contributed by atoms with E-state index in [1.807, 2.05) is 71.6 Å². The van der Waals surface area contributed by atoms with Gasteiger partial charge >= 0.3 is 0 Å². The second-order valence-corrected chi connectivity index (χ2v) is 5.99. The molecule has 0 saturated carbocycles. The number of carbonyl (C=O) groups excluding carboxylic acids is 1. The van der Waals surface area contributed by atoms with Crippen LogP contribution in [-0.2, 0) is 0 Å². The molecule has 0 aliphatic heterocycles. The van der Waals surface area contributed by atoms with E-state index in [0.717, 1.165) is 11.4 Å². The highest BCUT2D eigenvalue weighted by atomic mass is 16.5. The standard InChI is InChI=1S/C20H18N6O2/c27-20(16-14-17(28-25-16)15-6-2-1-3-7-15)22-11-10-21-18-8-9-19(24-23-18)26-12-4-5-13-26/h1-9,12-14H,10-11H2,(H,21,23)(H,22,27). The van der Waals surface area contributed by atoms with E-state index in [4.69, 9.17) is 4.52 Å². The third kappa shape index (κ3) is 4.07. The molecule has 0 fully saturated rings. The van der Waals surface area contributed by atoms with Crippen molar-refractivity contribution in [1.29, 1.82) is 0 Å². The maximum Gasteiger partial charge on any atom is 0.273 e. The summed E-state index contributed by atoms with van der Waals surface area (Å²) in [6.45, 7) is 0.917. The smallest absolute Gasteiger partial charge is 0.273 e. The van der Waals surface area contributed by atoms with Gasteiger partial charge in [-0.2, -0.15) is 0 Å². The minimum atomic E-state index is -0.290. The van der Waals surface area contributed by atoms with E-state index in [2.05, 4.69) is 26.0 Å². The van der Waals surface area contributed by atoms with Crippen LogP contribution in [0.2, 0.25) is 0 Å². The molecule has 0 radical (unpaired) electrons. The summed E-state index contributed by atoms with van der Waals surface area (Å²) >= 11 is 0. The first-order valence-corrected chi connectivity index (χ1v) is 8.81. The summed E-state index contributed by atoms with van der Waals surface area (Å²) < 4.78 is 7.12. The Hall–Kier alpha value is -3.94. The third-order valence-corrected chi connectivity index (χ3v) is 4.04. The molecule has 0 aliphatic rings. The molecule has 8 heteroatoms. The Morgan fingerprint density at radius 2 is 1.79 bits per heavy atom. The van der Waals surface area contributed by atoms with Gasteiger partial charge in [0.1, 0.15) is 5.82 Å². The van der Waals surface area contributed by atoms with E-state index in [-0.39, 0.29) is 11.6 Å². The lowest BCUT2D eigenvalue weighted by atomic mass is 10.1. The Kier molecular flexibility index (Phi) is 5.10. The lowest BCUT2D eigenvalue weighted by Crippen LogP contribution is -2.29. The van der Waals surface area contributed by atoms with Gasteiger partial charge in [0.15, 0.2) is 17.3 Å². The molecule has 1 amide bonds. The van der Waals surface area contributed by atoms with Gasteiger partial charge in [-0.25, -0.2) is 0 Å². The van der Waals surface area contributed by atoms with Gasteiger partial charge in [0.05, 0.1) is 0 Å². The Labute approximate surface area is 161 Å². The number of aromatic nitrogens is 4. The summed E-state index contributed by atoms with van der Waals surface area (Å²) in [6, 6.07) is 18.7. The summed E-state index contributed by atoms with van der Waals surface area (Å²) in [5.41, 5.74) is 1.12. The molecule has 3 heterocycles. The van der Waals surface area contributed by atoms with Crippen LogP contribution in [-0.4, -0.2) is 38.9 Å². The largest absolute Gasteiger partial charge is 0.367 e. The van der Waals surface area contributed by atoms with Crippen LogP contribution in [0, 0.1) is 0 Å². The number of nitrogens with one attached hydrogen (secondary N) is 2. The maximum atomic E-state index is 12.2. The minimum Gasteiger partial charge on any atom is -0.367 e. The van der Waals surface area contributed by atoms with E-state index in [1.165, 1.54) is 0 Å². The van der Waals surface area contributed by atoms with Crippen molar-refractivity contribution in [3.05, 3.63) is 78.8 Å². The van der Waals surface area contributed by atoms with Gasteiger partial charge in [-0.1, -0.05) is 35.5 Å². The molecule has 0 aliphatic carbocycles. The quantitative estimate of drug-likeness (QED) is 0.483. The number of hydrogen-bond donors (Lipinski definition) is 2. The summed E-state index contributed by atoms with van der Waals surface area (Å²) in [7, 11) is 0. The molecular formula is C20H18N6O2. The molecule has 4 rings (SSSR count). The van der Waals surface area contributed by atoms with Crippen LogP contribution in [0.15, 0.2) is 77.6 Å². The highest BCUT2D eigenvalue weighted by Crippen LogP contribution is 2.19. The van der Waals surface area contributed by atoms with Gasteiger partial charge in [-0.3, -0.25) is 4.79 Å². The molecule has 0 unspecified atom stereocenters. The molecule has 1 aromatic carbocycles. The molecule has 8 nitrogen and oxygen atoms in total. The zero-order valence-electron chi connectivity index (χ0n) is 14.9. The predicted octanol–water partition coefficient (Wildman–Crippen LogP) is 2.76. The number of rotatable bonds is 7. The number of carbonyl (C=O) groups is 1. The highest BCUT2D eigenvalue weighted by molar-refractivity contribution is 5.93. The van der Waals surface area contributed by atoms with Crippen LogP contribution in [0.5, 0.6) is 0 Å². The number of benzene rings is 1. The van der Waals surface area contributed by atoms with Crippen molar-refractivity contribution in [3.8, 4) is 17.1 Å². The molecule has 140 valence electrons. The van der Waals surface area contributed by atoms with Crippen molar-refractivity contribution >= 4 is 11.7 Å². The van der Waals surface area contributed by atoms with Crippen LogP contribution >= 0.6 is 0 Å². The monoisotopic (exact) mass is 374 g/mol. The fourth-order valence-electron chi connectivity index (χ4n) is 2.62. The van der Waals surface area contributed by atoms with Crippen molar-refractivity contribution in [2.75, 3.05) is 18.4 Å². The number of amides is 1. The average molecular weight is 374 g/mol. The molecule has 0 saturated heterocycles. The summed E-state index contributed by atoms with van der Waals surface area (Å²) in [6.07, 6.45) is 3.81. The first kappa shape index (κ1) is 17.5. The van der Waals surface area contributed by atoms with Crippen LogP contribution in [0.1, 0.15) is 10.5 Å². The molecule has 2 N–H and O–H groups in total. The van der Waals surface area contributed by atoms with Crippen LogP contribution in [0.4, 0.5) is 5.82 Å². The molecule has 28 heavy (non-hydrogen) atoms. The van der Waals surface area contributed by atoms with E-state index < -0.39 is 0 Å². The Morgan fingerprint density at radius 1 is 0.964 bits per heavy atom. The van der Waals surface area contributed by atoms with Crippen LogP contribution < -0.4 is 10.6 Å². The zero-order valence-corrected chi connectivity index (χ0v) is 14.9. The molecule has 3 aromatic heterocycles. The van der Waals surface area contributed by atoms with Gasteiger partial charge < -0.3 is 19.7 Å². The van der Waals surface area contributed by atoms with Crippen molar-refractivity contribution in [3.63, 3.8) is 0 Å². The second-order valence-electron chi connectivity index (χ2n) is 5.99. The lowest BCUT2D eigenvalue weighted by molar-refractivity contribution is 0.0946. The fraction of sp³-hybridized carbons (Fsp3) is 0.100. The molecule has 4 aromatic rings. The van der Waals surface area contributed by atoms with Gasteiger partial charge in [0.2, 0.25) is 0 Å². The predicted molar refractivity (Wildman–Crippen MR) is 104 cm³/mol. The molecule has 0 bridgehead atoms. The third-order valence-electron chi connectivity index (χ3n) is 4.04. The summed E-state index contributed by atoms with van der Waals surface area (Å²) in [5, 5.41) is 18.0. The topological polar surface area (TPSA) is 97.9 Å². The minimum absolute atomic E-state index is 0.245. The SMILES string of the molecule is O=C(NCCNc1ccc(-n2cccc2)nn1)c1cc(-c2ccccc2)on1. The van der Waals surface area contributed by atoms with Crippen molar-refractivity contribution in [1.82, 2.24) is 25.2 Å². The fourth-order valence-corrected chi connectivity index (χ4v) is 2.62. The second kappa shape index (κ2) is 8.17. The number of nitrogens with zero attached hydrogens (tertiary/aromatic N) is 4. The normalized spacial score (nSPS) is 10.6. The summed E-state index contributed by atoms with van der Waals surface area (Å²) in [4.78, 5) is 12.2. The first-order chi connectivity index (χ1) is 13.8. The van der Waals surface area contributed by atoms with Crippen LogP contribution in [0.25, 0.3) is 17.1 Å². The lowest BCUT2D eigenvalue weighted by Gasteiger charge is -2.06. The van der Waals surface area contributed by atoms with Gasteiger partial charge in [0.25, 0.3) is 5.91 Å². The Balaban J connectivity index is 1.25.